The lowest BCUT2D eigenvalue weighted by molar-refractivity contribution is 0.0255. The minimum Gasteiger partial charge on any atom is -0.471 e. The molecular formula is C22H30N4O4. The fourth-order valence-electron chi connectivity index (χ4n) is 3.19. The lowest BCUT2D eigenvalue weighted by atomic mass is 10.2. The monoisotopic (exact) mass is 414 g/mol. The molecular weight excluding hydrogens is 384 g/mol. The van der Waals surface area contributed by atoms with E-state index in [2.05, 4.69) is 5.10 Å². The second-order valence-corrected chi connectivity index (χ2v) is 8.39. The van der Waals surface area contributed by atoms with Crippen molar-refractivity contribution in [1.29, 1.82) is 0 Å². The summed E-state index contributed by atoms with van der Waals surface area (Å²) in [5, 5.41) is 4.36. The van der Waals surface area contributed by atoms with Gasteiger partial charge in [0.05, 0.1) is 0 Å². The molecule has 30 heavy (non-hydrogen) atoms. The number of aryl methyl sites for hydroxylation is 1. The van der Waals surface area contributed by atoms with Gasteiger partial charge in [-0.15, -0.1) is 0 Å². The first-order chi connectivity index (χ1) is 14.2. The summed E-state index contributed by atoms with van der Waals surface area (Å²) in [6, 6.07) is 9.45. The van der Waals surface area contributed by atoms with E-state index >= 15 is 0 Å². The quantitative estimate of drug-likeness (QED) is 0.767. The Kier molecular flexibility index (Phi) is 6.64. The SMILES string of the molecule is Cc1ccccc1OCn1ccc(C(=O)N2CCCN(C(=O)OC(C)(C)C)CC2)n1. The van der Waals surface area contributed by atoms with E-state index in [9.17, 15) is 9.59 Å². The Hall–Kier alpha value is -3.03. The van der Waals surface area contributed by atoms with Crippen molar-refractivity contribution in [2.75, 3.05) is 26.2 Å². The van der Waals surface area contributed by atoms with Crippen molar-refractivity contribution in [3.63, 3.8) is 0 Å². The summed E-state index contributed by atoms with van der Waals surface area (Å²) in [5.41, 5.74) is 0.876. The average molecular weight is 415 g/mol. The molecule has 1 aromatic carbocycles. The summed E-state index contributed by atoms with van der Waals surface area (Å²) in [4.78, 5) is 28.6. The van der Waals surface area contributed by atoms with E-state index in [0.717, 1.165) is 11.3 Å². The zero-order valence-corrected chi connectivity index (χ0v) is 18.1. The van der Waals surface area contributed by atoms with Gasteiger partial charge in [-0.1, -0.05) is 18.2 Å². The van der Waals surface area contributed by atoms with E-state index in [1.807, 2.05) is 52.0 Å². The van der Waals surface area contributed by atoms with Crippen LogP contribution in [0, 0.1) is 6.92 Å². The number of nitrogens with zero attached hydrogens (tertiary/aromatic N) is 4. The molecule has 1 fully saturated rings. The Morgan fingerprint density at radius 3 is 2.47 bits per heavy atom. The first-order valence-electron chi connectivity index (χ1n) is 10.2. The fraction of sp³-hybridized carbons (Fsp3) is 0.500. The van der Waals surface area contributed by atoms with Gasteiger partial charge in [-0.25, -0.2) is 9.48 Å². The molecule has 0 bridgehead atoms. The molecule has 0 radical (unpaired) electrons. The molecule has 0 N–H and O–H groups in total. The first-order valence-corrected chi connectivity index (χ1v) is 10.2. The molecule has 1 saturated heterocycles. The van der Waals surface area contributed by atoms with Crippen LogP contribution >= 0.6 is 0 Å². The van der Waals surface area contributed by atoms with Crippen LogP contribution in [-0.2, 0) is 11.5 Å². The third-order valence-electron chi connectivity index (χ3n) is 4.74. The highest BCUT2D eigenvalue weighted by Crippen LogP contribution is 2.17. The number of benzene rings is 1. The van der Waals surface area contributed by atoms with Crippen LogP contribution in [0.25, 0.3) is 0 Å². The van der Waals surface area contributed by atoms with Crippen molar-refractivity contribution in [2.24, 2.45) is 0 Å². The third kappa shape index (κ3) is 5.75. The van der Waals surface area contributed by atoms with E-state index in [4.69, 9.17) is 9.47 Å². The van der Waals surface area contributed by atoms with Crippen LogP contribution in [0.4, 0.5) is 4.79 Å². The molecule has 8 nitrogen and oxygen atoms in total. The normalized spacial score (nSPS) is 14.9. The van der Waals surface area contributed by atoms with Gasteiger partial charge in [0.25, 0.3) is 5.91 Å². The topological polar surface area (TPSA) is 76.9 Å². The van der Waals surface area contributed by atoms with Gasteiger partial charge >= 0.3 is 6.09 Å². The molecule has 2 amide bonds. The highest BCUT2D eigenvalue weighted by atomic mass is 16.6. The summed E-state index contributed by atoms with van der Waals surface area (Å²) in [7, 11) is 0. The van der Waals surface area contributed by atoms with E-state index in [1.165, 1.54) is 0 Å². The average Bonchev–Trinajstić information content (AvgIpc) is 3.01. The fourth-order valence-corrected chi connectivity index (χ4v) is 3.19. The van der Waals surface area contributed by atoms with E-state index < -0.39 is 5.60 Å². The Morgan fingerprint density at radius 2 is 1.73 bits per heavy atom. The Morgan fingerprint density at radius 1 is 1.03 bits per heavy atom. The molecule has 0 unspecified atom stereocenters. The second-order valence-electron chi connectivity index (χ2n) is 8.39. The van der Waals surface area contributed by atoms with Gasteiger partial charge in [-0.2, -0.15) is 5.10 Å². The van der Waals surface area contributed by atoms with Crippen molar-refractivity contribution in [2.45, 2.75) is 46.4 Å². The number of para-hydroxylation sites is 1. The molecule has 1 aliphatic rings. The molecule has 8 heteroatoms. The molecule has 0 atom stereocenters. The summed E-state index contributed by atoms with van der Waals surface area (Å²) in [5.74, 6) is 0.645. The number of amides is 2. The van der Waals surface area contributed by atoms with Crippen LogP contribution in [0.5, 0.6) is 5.75 Å². The van der Waals surface area contributed by atoms with Crippen LogP contribution in [0.1, 0.15) is 43.2 Å². The maximum Gasteiger partial charge on any atom is 0.410 e. The molecule has 0 spiro atoms. The number of hydrogen-bond donors (Lipinski definition) is 0. The van der Waals surface area contributed by atoms with Crippen LogP contribution in [0.2, 0.25) is 0 Å². The minimum atomic E-state index is -0.536. The van der Waals surface area contributed by atoms with Crippen LogP contribution in [0.15, 0.2) is 36.5 Å². The minimum absolute atomic E-state index is 0.143. The largest absolute Gasteiger partial charge is 0.471 e. The number of rotatable bonds is 4. The molecule has 0 aliphatic carbocycles. The third-order valence-corrected chi connectivity index (χ3v) is 4.74. The zero-order chi connectivity index (χ0) is 21.7. The van der Waals surface area contributed by atoms with Crippen LogP contribution < -0.4 is 4.74 Å². The van der Waals surface area contributed by atoms with Crippen LogP contribution in [0.3, 0.4) is 0 Å². The highest BCUT2D eigenvalue weighted by Gasteiger charge is 2.27. The van der Waals surface area contributed by atoms with Gasteiger partial charge in [-0.05, 0) is 51.8 Å². The highest BCUT2D eigenvalue weighted by molar-refractivity contribution is 5.92. The van der Waals surface area contributed by atoms with E-state index in [1.54, 1.807) is 26.7 Å². The summed E-state index contributed by atoms with van der Waals surface area (Å²) < 4.78 is 12.8. The second kappa shape index (κ2) is 9.19. The number of ether oxygens (including phenoxy) is 2. The maximum atomic E-state index is 12.9. The number of carbonyl (C=O) groups excluding carboxylic acids is 2. The Balaban J connectivity index is 1.55. The first kappa shape index (κ1) is 21.7. The summed E-state index contributed by atoms with van der Waals surface area (Å²) in [6.07, 6.45) is 2.09. The Labute approximate surface area is 177 Å². The van der Waals surface area contributed by atoms with Gasteiger partial charge in [0.2, 0.25) is 0 Å². The van der Waals surface area contributed by atoms with Crippen molar-refractivity contribution < 1.29 is 19.1 Å². The van der Waals surface area contributed by atoms with Gasteiger partial charge in [0, 0.05) is 32.4 Å². The van der Waals surface area contributed by atoms with Gasteiger partial charge in [0.1, 0.15) is 11.4 Å². The van der Waals surface area contributed by atoms with Crippen molar-refractivity contribution in [3.8, 4) is 5.75 Å². The molecule has 2 heterocycles. The van der Waals surface area contributed by atoms with Crippen molar-refractivity contribution >= 4 is 12.0 Å². The van der Waals surface area contributed by atoms with E-state index in [0.29, 0.717) is 38.3 Å². The standard InChI is InChI=1S/C22H30N4O4/c1-17-8-5-6-9-19(17)29-16-26-13-10-18(23-26)20(27)24-11-7-12-25(15-14-24)21(28)30-22(2,3)4/h5-6,8-10,13H,7,11-12,14-16H2,1-4H3. The molecule has 1 aromatic heterocycles. The van der Waals surface area contributed by atoms with Crippen LogP contribution in [-0.4, -0.2) is 63.4 Å². The van der Waals surface area contributed by atoms with E-state index in [-0.39, 0.29) is 18.7 Å². The van der Waals surface area contributed by atoms with Crippen molar-refractivity contribution in [1.82, 2.24) is 19.6 Å². The predicted octanol–water partition coefficient (Wildman–Crippen LogP) is 3.31. The molecule has 2 aromatic rings. The predicted molar refractivity (Wildman–Crippen MR) is 112 cm³/mol. The van der Waals surface area contributed by atoms with Gasteiger partial charge in [0.15, 0.2) is 12.4 Å². The summed E-state index contributed by atoms with van der Waals surface area (Å²) >= 11 is 0. The molecule has 1 aliphatic heterocycles. The number of aromatic nitrogens is 2. The summed E-state index contributed by atoms with van der Waals surface area (Å²) in [6.45, 7) is 9.77. The molecule has 3 rings (SSSR count). The Bertz CT molecular complexity index is 887. The maximum absolute atomic E-state index is 12.9. The van der Waals surface area contributed by atoms with Gasteiger partial charge in [-0.3, -0.25) is 4.79 Å². The van der Waals surface area contributed by atoms with Crippen molar-refractivity contribution in [3.05, 3.63) is 47.8 Å². The van der Waals surface area contributed by atoms with Gasteiger partial charge < -0.3 is 19.3 Å². The number of carbonyl (C=O) groups is 2. The smallest absolute Gasteiger partial charge is 0.410 e. The lowest BCUT2D eigenvalue weighted by Crippen LogP contribution is -2.40. The zero-order valence-electron chi connectivity index (χ0n) is 18.1. The number of hydrogen-bond acceptors (Lipinski definition) is 5. The molecule has 162 valence electrons. The lowest BCUT2D eigenvalue weighted by Gasteiger charge is -2.26. The molecule has 0 saturated carbocycles.